The van der Waals surface area contributed by atoms with Crippen LogP contribution in [-0.4, -0.2) is 22.0 Å². The molecule has 106 valence electrons. The number of nitrogens with zero attached hydrogens (tertiary/aromatic N) is 1. The number of aromatic nitrogens is 1. The monoisotopic (exact) mass is 282 g/mol. The molecule has 0 saturated heterocycles. The number of rotatable bonds is 4. The number of amides is 1. The number of carboxylic acid groups (broad SMARTS) is 1. The minimum Gasteiger partial charge on any atom is -0.478 e. The van der Waals surface area contributed by atoms with Crippen molar-refractivity contribution in [1.82, 2.24) is 4.98 Å². The van der Waals surface area contributed by atoms with Crippen molar-refractivity contribution in [2.45, 2.75) is 6.92 Å². The summed E-state index contributed by atoms with van der Waals surface area (Å²) in [7, 11) is 0. The largest absolute Gasteiger partial charge is 0.478 e. The molecule has 1 amide bonds. The molecule has 0 unspecified atom stereocenters. The van der Waals surface area contributed by atoms with Crippen molar-refractivity contribution in [1.29, 1.82) is 0 Å². The fourth-order valence-electron chi connectivity index (χ4n) is 1.82. The number of pyridine rings is 1. The maximum absolute atomic E-state index is 11.9. The number of carbonyl (C=O) groups is 2. The Balaban J connectivity index is 2.17. The second-order valence-corrected chi connectivity index (χ2v) is 4.41. The Morgan fingerprint density at radius 1 is 1.24 bits per heavy atom. The molecule has 21 heavy (non-hydrogen) atoms. The molecule has 2 N–H and O–H groups in total. The molecular weight excluding hydrogens is 268 g/mol. The highest BCUT2D eigenvalue weighted by atomic mass is 16.4. The quantitative estimate of drug-likeness (QED) is 0.845. The summed E-state index contributed by atoms with van der Waals surface area (Å²) in [6.45, 7) is 1.74. The number of carbonyl (C=O) groups excluding carboxylic acids is 1. The topological polar surface area (TPSA) is 79.3 Å². The predicted molar refractivity (Wildman–Crippen MR) is 80.0 cm³/mol. The molecule has 0 aliphatic carbocycles. The Morgan fingerprint density at radius 3 is 2.71 bits per heavy atom. The van der Waals surface area contributed by atoms with Gasteiger partial charge in [0.15, 0.2) is 0 Å². The van der Waals surface area contributed by atoms with Gasteiger partial charge in [-0.25, -0.2) is 4.79 Å². The maximum atomic E-state index is 11.9. The lowest BCUT2D eigenvalue weighted by Gasteiger charge is -2.09. The number of aromatic carboxylic acids is 1. The van der Waals surface area contributed by atoms with Gasteiger partial charge >= 0.3 is 5.97 Å². The minimum atomic E-state index is -1.08. The molecule has 0 radical (unpaired) electrons. The molecule has 5 nitrogen and oxygen atoms in total. The predicted octanol–water partition coefficient (Wildman–Crippen LogP) is 2.74. The van der Waals surface area contributed by atoms with E-state index in [0.29, 0.717) is 11.3 Å². The third kappa shape index (κ3) is 3.76. The average Bonchev–Trinajstić information content (AvgIpc) is 2.48. The molecule has 0 atom stereocenters. The SMILES string of the molecule is Cc1cccc(C(=O)O)c1NC(=O)/C=C/c1cccnc1. The van der Waals surface area contributed by atoms with Crippen LogP contribution in [0.2, 0.25) is 0 Å². The van der Waals surface area contributed by atoms with Gasteiger partial charge in [-0.1, -0.05) is 18.2 Å². The van der Waals surface area contributed by atoms with Crippen molar-refractivity contribution in [3.63, 3.8) is 0 Å². The lowest BCUT2D eigenvalue weighted by molar-refractivity contribution is -0.111. The summed E-state index contributed by atoms with van der Waals surface area (Å²) in [5, 5.41) is 11.7. The number of carboxylic acids is 1. The van der Waals surface area contributed by atoms with Gasteiger partial charge < -0.3 is 10.4 Å². The molecule has 2 aromatic rings. The molecule has 1 aromatic heterocycles. The van der Waals surface area contributed by atoms with Crippen molar-refractivity contribution in [3.8, 4) is 0 Å². The van der Waals surface area contributed by atoms with E-state index in [2.05, 4.69) is 10.3 Å². The Morgan fingerprint density at radius 2 is 2.05 bits per heavy atom. The van der Waals surface area contributed by atoms with Gasteiger partial charge in [-0.15, -0.1) is 0 Å². The van der Waals surface area contributed by atoms with Crippen molar-refractivity contribution < 1.29 is 14.7 Å². The number of aryl methyl sites for hydroxylation is 1. The van der Waals surface area contributed by atoms with Crippen LogP contribution in [0.4, 0.5) is 5.69 Å². The summed E-state index contributed by atoms with van der Waals surface area (Å²) in [6.07, 6.45) is 6.22. The van der Waals surface area contributed by atoms with Crippen LogP contribution in [0.15, 0.2) is 48.8 Å². The van der Waals surface area contributed by atoms with Crippen LogP contribution in [0.5, 0.6) is 0 Å². The van der Waals surface area contributed by atoms with Gasteiger partial charge in [-0.05, 0) is 36.3 Å². The summed E-state index contributed by atoms with van der Waals surface area (Å²) < 4.78 is 0. The van der Waals surface area contributed by atoms with Gasteiger partial charge in [0, 0.05) is 18.5 Å². The summed E-state index contributed by atoms with van der Waals surface area (Å²) in [5.41, 5.74) is 1.86. The van der Waals surface area contributed by atoms with E-state index >= 15 is 0 Å². The summed E-state index contributed by atoms with van der Waals surface area (Å²) in [5.74, 6) is -1.47. The van der Waals surface area contributed by atoms with Gasteiger partial charge in [-0.3, -0.25) is 9.78 Å². The zero-order chi connectivity index (χ0) is 15.2. The fraction of sp³-hybridized carbons (Fsp3) is 0.0625. The molecule has 0 fully saturated rings. The fourth-order valence-corrected chi connectivity index (χ4v) is 1.82. The molecule has 2 rings (SSSR count). The van der Waals surface area contributed by atoms with Crippen LogP contribution in [0.1, 0.15) is 21.5 Å². The lowest BCUT2D eigenvalue weighted by atomic mass is 10.1. The van der Waals surface area contributed by atoms with Crippen LogP contribution < -0.4 is 5.32 Å². The van der Waals surface area contributed by atoms with Crippen LogP contribution in [0.3, 0.4) is 0 Å². The summed E-state index contributed by atoms with van der Waals surface area (Å²) >= 11 is 0. The number of para-hydroxylation sites is 1. The van der Waals surface area contributed by atoms with Crippen molar-refractivity contribution in [3.05, 3.63) is 65.5 Å². The minimum absolute atomic E-state index is 0.0677. The van der Waals surface area contributed by atoms with E-state index in [1.807, 2.05) is 6.07 Å². The van der Waals surface area contributed by atoms with E-state index in [1.54, 1.807) is 43.6 Å². The molecule has 1 aromatic carbocycles. The third-order valence-corrected chi connectivity index (χ3v) is 2.86. The first kappa shape index (κ1) is 14.5. The molecule has 0 spiro atoms. The van der Waals surface area contributed by atoms with Crippen LogP contribution in [0.25, 0.3) is 6.08 Å². The highest BCUT2D eigenvalue weighted by Crippen LogP contribution is 2.20. The Bertz CT molecular complexity index is 694. The second kappa shape index (κ2) is 6.47. The zero-order valence-corrected chi connectivity index (χ0v) is 11.4. The highest BCUT2D eigenvalue weighted by Gasteiger charge is 2.13. The summed E-state index contributed by atoms with van der Waals surface area (Å²) in [6, 6.07) is 8.41. The number of anilines is 1. The Kier molecular flexibility index (Phi) is 4.46. The van der Waals surface area contributed by atoms with Crippen LogP contribution >= 0.6 is 0 Å². The second-order valence-electron chi connectivity index (χ2n) is 4.41. The molecule has 5 heteroatoms. The van der Waals surface area contributed by atoms with E-state index in [0.717, 1.165) is 5.56 Å². The zero-order valence-electron chi connectivity index (χ0n) is 11.4. The summed E-state index contributed by atoms with van der Waals surface area (Å²) in [4.78, 5) is 27.0. The van der Waals surface area contributed by atoms with E-state index in [9.17, 15) is 9.59 Å². The standard InChI is InChI=1S/C16H14N2O3/c1-11-4-2-6-13(16(20)21)15(11)18-14(19)8-7-12-5-3-9-17-10-12/h2-10H,1H3,(H,18,19)(H,20,21)/b8-7+. The Hall–Kier alpha value is -2.95. The van der Waals surface area contributed by atoms with E-state index < -0.39 is 11.9 Å². The molecule has 0 bridgehead atoms. The average molecular weight is 282 g/mol. The number of nitrogens with one attached hydrogen (secondary N) is 1. The number of benzene rings is 1. The van der Waals surface area contributed by atoms with Gasteiger partial charge in [0.05, 0.1) is 11.3 Å². The molecule has 0 saturated carbocycles. The molecule has 1 heterocycles. The lowest BCUT2D eigenvalue weighted by Crippen LogP contribution is -2.13. The Labute approximate surface area is 122 Å². The first-order valence-corrected chi connectivity index (χ1v) is 6.30. The van der Waals surface area contributed by atoms with Gasteiger partial charge in [0.25, 0.3) is 0 Å². The smallest absolute Gasteiger partial charge is 0.337 e. The normalized spacial score (nSPS) is 10.5. The van der Waals surface area contributed by atoms with Gasteiger partial charge in [-0.2, -0.15) is 0 Å². The van der Waals surface area contributed by atoms with Gasteiger partial charge in [0.2, 0.25) is 5.91 Å². The maximum Gasteiger partial charge on any atom is 0.337 e. The van der Waals surface area contributed by atoms with Crippen molar-refractivity contribution in [2.24, 2.45) is 0 Å². The molecule has 0 aliphatic heterocycles. The number of hydrogen-bond donors (Lipinski definition) is 2. The number of hydrogen-bond acceptors (Lipinski definition) is 3. The molecular formula is C16H14N2O3. The highest BCUT2D eigenvalue weighted by molar-refractivity contribution is 6.06. The van der Waals surface area contributed by atoms with E-state index in [-0.39, 0.29) is 5.56 Å². The van der Waals surface area contributed by atoms with Crippen LogP contribution in [-0.2, 0) is 4.79 Å². The van der Waals surface area contributed by atoms with Crippen LogP contribution in [0, 0.1) is 6.92 Å². The first-order valence-electron chi connectivity index (χ1n) is 6.30. The van der Waals surface area contributed by atoms with Gasteiger partial charge in [0.1, 0.15) is 0 Å². The van der Waals surface area contributed by atoms with Crippen molar-refractivity contribution in [2.75, 3.05) is 5.32 Å². The van der Waals surface area contributed by atoms with Crippen molar-refractivity contribution >= 4 is 23.6 Å². The third-order valence-electron chi connectivity index (χ3n) is 2.86. The van der Waals surface area contributed by atoms with E-state index in [4.69, 9.17) is 5.11 Å². The first-order chi connectivity index (χ1) is 10.1. The molecule has 0 aliphatic rings. The van der Waals surface area contributed by atoms with E-state index in [1.165, 1.54) is 12.1 Å².